The van der Waals surface area contributed by atoms with Crippen LogP contribution >= 0.6 is 0 Å². The highest BCUT2D eigenvalue weighted by Gasteiger charge is 2.57. The third kappa shape index (κ3) is 4.54. The Labute approximate surface area is 196 Å². The molecule has 0 amide bonds. The molecule has 4 saturated carbocycles. The van der Waals surface area contributed by atoms with E-state index in [0.717, 1.165) is 65.1 Å². The second-order valence-corrected chi connectivity index (χ2v) is 13.9. The Kier molecular flexibility index (Phi) is 7.55. The fourth-order valence-corrected chi connectivity index (χ4v) is 10.2. The van der Waals surface area contributed by atoms with Crippen LogP contribution in [0.4, 0.5) is 0 Å². The second kappa shape index (κ2) is 9.70. The zero-order valence-electron chi connectivity index (χ0n) is 22.3. The highest BCUT2D eigenvalue weighted by molar-refractivity contribution is 5.06. The van der Waals surface area contributed by atoms with Gasteiger partial charge in [0.15, 0.2) is 0 Å². The van der Waals surface area contributed by atoms with E-state index in [4.69, 9.17) is 0 Å². The first-order valence-corrected chi connectivity index (χ1v) is 14.8. The lowest BCUT2D eigenvalue weighted by molar-refractivity contribution is -0.0765. The van der Waals surface area contributed by atoms with E-state index in [9.17, 15) is 0 Å². The van der Waals surface area contributed by atoms with Gasteiger partial charge in [0.2, 0.25) is 0 Å². The van der Waals surface area contributed by atoms with Crippen LogP contribution in [-0.2, 0) is 0 Å². The lowest BCUT2D eigenvalue weighted by atomic mass is 9.48. The molecule has 0 aromatic carbocycles. The second-order valence-electron chi connectivity index (χ2n) is 13.9. The van der Waals surface area contributed by atoms with Crippen LogP contribution in [0.5, 0.6) is 0 Å². The van der Waals surface area contributed by atoms with Crippen LogP contribution in [0.3, 0.4) is 0 Å². The number of fused-ring (bicyclic) bond motifs is 5. The molecule has 0 aliphatic heterocycles. The summed E-state index contributed by atoms with van der Waals surface area (Å²) >= 11 is 0. The molecule has 0 N–H and O–H groups in total. The van der Waals surface area contributed by atoms with Crippen LogP contribution in [0.1, 0.15) is 126 Å². The molecule has 0 spiro atoms. The van der Waals surface area contributed by atoms with E-state index in [1.54, 1.807) is 51.4 Å². The molecule has 4 fully saturated rings. The van der Waals surface area contributed by atoms with Crippen molar-refractivity contribution in [2.75, 3.05) is 0 Å². The summed E-state index contributed by atoms with van der Waals surface area (Å²) in [6.45, 7) is 17.7. The van der Waals surface area contributed by atoms with Gasteiger partial charge < -0.3 is 0 Å². The van der Waals surface area contributed by atoms with Gasteiger partial charge in [-0.25, -0.2) is 0 Å². The van der Waals surface area contributed by atoms with Crippen molar-refractivity contribution in [3.05, 3.63) is 0 Å². The van der Waals surface area contributed by atoms with Crippen LogP contribution in [0, 0.1) is 70.5 Å². The molecule has 180 valence electrons. The van der Waals surface area contributed by atoms with E-state index >= 15 is 0 Å². The molecule has 10 atom stereocenters. The van der Waals surface area contributed by atoms with Crippen LogP contribution in [0.15, 0.2) is 0 Å². The van der Waals surface area contributed by atoms with Crippen molar-refractivity contribution in [2.45, 2.75) is 126 Å². The minimum atomic E-state index is 0.669. The Morgan fingerprint density at radius 3 is 2.19 bits per heavy atom. The van der Waals surface area contributed by atoms with Gasteiger partial charge in [0.05, 0.1) is 0 Å². The van der Waals surface area contributed by atoms with Gasteiger partial charge >= 0.3 is 0 Å². The fraction of sp³-hybridized carbons (Fsp3) is 1.00. The van der Waals surface area contributed by atoms with Crippen LogP contribution in [0.25, 0.3) is 0 Å². The van der Waals surface area contributed by atoms with Crippen LogP contribution in [0.2, 0.25) is 0 Å². The molecule has 0 aromatic rings. The maximum Gasteiger partial charge on any atom is -0.0264 e. The summed E-state index contributed by atoms with van der Waals surface area (Å²) in [6.07, 6.45) is 18.4. The SMILES string of the molecule is CCC(CCC(C)C1CCC2C3CCC4CC(C(C)C)CCC4C3CCC12C)C(C)C. The largest absolute Gasteiger partial charge is 0.0651 e. The number of hydrogen-bond acceptors (Lipinski definition) is 0. The Morgan fingerprint density at radius 2 is 1.52 bits per heavy atom. The molecule has 4 aliphatic rings. The molecule has 4 rings (SSSR count). The molecular weight excluding hydrogens is 372 g/mol. The van der Waals surface area contributed by atoms with Gasteiger partial charge in [0, 0.05) is 0 Å². The van der Waals surface area contributed by atoms with Crippen molar-refractivity contribution < 1.29 is 0 Å². The Hall–Kier alpha value is 0. The quantitative estimate of drug-likeness (QED) is 0.378. The van der Waals surface area contributed by atoms with Crippen molar-refractivity contribution >= 4 is 0 Å². The predicted molar refractivity (Wildman–Crippen MR) is 136 cm³/mol. The molecular formula is C31H56. The summed E-state index contributed by atoms with van der Waals surface area (Å²) in [5, 5.41) is 0. The normalized spacial score (nSPS) is 44.6. The Balaban J connectivity index is 1.40. The maximum absolute atomic E-state index is 2.77. The summed E-state index contributed by atoms with van der Waals surface area (Å²) in [5.41, 5.74) is 0.669. The average molecular weight is 429 g/mol. The minimum Gasteiger partial charge on any atom is -0.0651 e. The zero-order valence-corrected chi connectivity index (χ0v) is 22.3. The smallest absolute Gasteiger partial charge is 0.0264 e. The van der Waals surface area contributed by atoms with Crippen molar-refractivity contribution in [1.82, 2.24) is 0 Å². The fourth-order valence-electron chi connectivity index (χ4n) is 10.2. The lowest BCUT2D eigenvalue weighted by Crippen LogP contribution is -2.49. The van der Waals surface area contributed by atoms with Gasteiger partial charge in [-0.3, -0.25) is 0 Å². The summed E-state index contributed by atoms with van der Waals surface area (Å²) in [6, 6.07) is 0. The Morgan fingerprint density at radius 1 is 0.774 bits per heavy atom. The zero-order chi connectivity index (χ0) is 22.3. The summed E-state index contributed by atoms with van der Waals surface area (Å²) in [5.74, 6) is 11.1. The standard InChI is InChI=1S/C31H56/c1-8-23(20(2)3)10-9-22(6)29-15-16-30-28-14-12-25-19-24(21(4)5)11-13-26(25)27(28)17-18-31(29,30)7/h20-30H,8-19H2,1-7H3. The third-order valence-corrected chi connectivity index (χ3v) is 12.2. The highest BCUT2D eigenvalue weighted by Crippen LogP contribution is 2.66. The summed E-state index contributed by atoms with van der Waals surface area (Å²) < 4.78 is 0. The molecule has 0 saturated heterocycles. The van der Waals surface area contributed by atoms with E-state index in [2.05, 4.69) is 48.5 Å². The minimum absolute atomic E-state index is 0.669. The number of hydrogen-bond donors (Lipinski definition) is 0. The van der Waals surface area contributed by atoms with Crippen LogP contribution in [-0.4, -0.2) is 0 Å². The molecule has 0 nitrogen and oxygen atoms in total. The monoisotopic (exact) mass is 428 g/mol. The molecule has 0 aromatic heterocycles. The predicted octanol–water partition coefficient (Wildman–Crippen LogP) is 9.63. The average Bonchev–Trinajstić information content (AvgIpc) is 3.10. The first-order valence-electron chi connectivity index (χ1n) is 14.8. The van der Waals surface area contributed by atoms with Crippen molar-refractivity contribution in [1.29, 1.82) is 0 Å². The molecule has 0 heterocycles. The van der Waals surface area contributed by atoms with Gasteiger partial charge in [-0.2, -0.15) is 0 Å². The van der Waals surface area contributed by atoms with E-state index in [1.807, 2.05) is 0 Å². The third-order valence-electron chi connectivity index (χ3n) is 12.2. The van der Waals surface area contributed by atoms with E-state index < -0.39 is 0 Å². The van der Waals surface area contributed by atoms with Crippen molar-refractivity contribution in [3.8, 4) is 0 Å². The molecule has 0 bridgehead atoms. The molecule has 31 heavy (non-hydrogen) atoms. The van der Waals surface area contributed by atoms with Gasteiger partial charge in [-0.1, -0.05) is 61.3 Å². The topological polar surface area (TPSA) is 0 Å². The number of rotatable bonds is 7. The first-order chi connectivity index (χ1) is 14.8. The molecule has 0 heteroatoms. The van der Waals surface area contributed by atoms with Gasteiger partial charge in [-0.15, -0.1) is 0 Å². The summed E-state index contributed by atoms with van der Waals surface area (Å²) in [7, 11) is 0. The lowest BCUT2D eigenvalue weighted by Gasteiger charge is -2.57. The van der Waals surface area contributed by atoms with Crippen molar-refractivity contribution in [2.24, 2.45) is 70.5 Å². The molecule has 4 aliphatic carbocycles. The van der Waals surface area contributed by atoms with Crippen molar-refractivity contribution in [3.63, 3.8) is 0 Å². The first kappa shape index (κ1) is 24.1. The summed E-state index contributed by atoms with van der Waals surface area (Å²) in [4.78, 5) is 0. The van der Waals surface area contributed by atoms with Gasteiger partial charge in [0.25, 0.3) is 0 Å². The van der Waals surface area contributed by atoms with E-state index in [-0.39, 0.29) is 0 Å². The Bertz CT molecular complexity index is 575. The van der Waals surface area contributed by atoms with Crippen LogP contribution < -0.4 is 0 Å². The van der Waals surface area contributed by atoms with E-state index in [1.165, 1.54) is 25.7 Å². The maximum atomic E-state index is 2.77. The molecule has 10 unspecified atom stereocenters. The molecule has 0 radical (unpaired) electrons. The highest BCUT2D eigenvalue weighted by atomic mass is 14.6. The van der Waals surface area contributed by atoms with Gasteiger partial charge in [0.1, 0.15) is 0 Å². The van der Waals surface area contributed by atoms with Gasteiger partial charge in [-0.05, 0) is 135 Å². The van der Waals surface area contributed by atoms with E-state index in [0.29, 0.717) is 5.41 Å².